The summed E-state index contributed by atoms with van der Waals surface area (Å²) in [6.07, 6.45) is 0. The third kappa shape index (κ3) is 4.68. The van der Waals surface area contributed by atoms with Gasteiger partial charge >= 0.3 is 0 Å². The molecule has 0 bridgehead atoms. The molecule has 3 nitrogen and oxygen atoms in total. The molecule has 9 aromatic rings. The molecule has 9 rings (SSSR count). The first-order valence-electron chi connectivity index (χ1n) is 15.9. The second-order valence-electron chi connectivity index (χ2n) is 11.8. The van der Waals surface area contributed by atoms with Crippen molar-refractivity contribution in [1.29, 1.82) is 0 Å². The highest BCUT2D eigenvalue weighted by Crippen LogP contribution is 2.41. The van der Waals surface area contributed by atoms with Gasteiger partial charge < -0.3 is 4.57 Å². The lowest BCUT2D eigenvalue weighted by Crippen LogP contribution is -1.97. The van der Waals surface area contributed by atoms with E-state index in [1.54, 1.807) is 0 Å². The van der Waals surface area contributed by atoms with Crippen molar-refractivity contribution in [3.05, 3.63) is 176 Å². The number of nitrogens with zero attached hydrogens (tertiary/aromatic N) is 3. The van der Waals surface area contributed by atoms with Gasteiger partial charge in [0.15, 0.2) is 5.82 Å². The lowest BCUT2D eigenvalue weighted by atomic mass is 10.00. The monoisotopic (exact) mass is 599 g/mol. The first kappa shape index (κ1) is 27.0. The van der Waals surface area contributed by atoms with Crippen LogP contribution in [0, 0.1) is 0 Å². The van der Waals surface area contributed by atoms with Crippen LogP contribution in [0.5, 0.6) is 0 Å². The van der Waals surface area contributed by atoms with E-state index >= 15 is 0 Å². The molecule has 0 aliphatic rings. The fourth-order valence-electron chi connectivity index (χ4n) is 6.81. The maximum atomic E-state index is 5.25. The van der Waals surface area contributed by atoms with Crippen molar-refractivity contribution >= 4 is 32.6 Å². The second-order valence-corrected chi connectivity index (χ2v) is 11.8. The largest absolute Gasteiger partial charge is 0.309 e. The number of hydrogen-bond donors (Lipinski definition) is 0. The van der Waals surface area contributed by atoms with E-state index in [1.807, 2.05) is 12.1 Å². The quantitative estimate of drug-likeness (QED) is 0.197. The summed E-state index contributed by atoms with van der Waals surface area (Å²) in [7, 11) is 0. The summed E-state index contributed by atoms with van der Waals surface area (Å²) >= 11 is 0. The SMILES string of the molecule is c1ccc(-c2ccc3c(c2)c2c(-c4nc(-c5ccccc5)cc(-c5ccccc5)n4)cccc2n3-c2cccc3ccccc23)cc1. The average molecular weight is 600 g/mol. The summed E-state index contributed by atoms with van der Waals surface area (Å²) in [5.74, 6) is 0.706. The third-order valence-electron chi connectivity index (χ3n) is 9.01. The molecule has 0 saturated heterocycles. The number of fused-ring (bicyclic) bond motifs is 4. The minimum atomic E-state index is 0.706. The molecule has 47 heavy (non-hydrogen) atoms. The standard InChI is InChI=1S/C44H29N3/c1-4-14-30(15-5-1)34-26-27-41-37(28-34)43-36(23-13-25-42(43)47(41)40-24-12-21-31-16-10-11-22-35(31)40)44-45-38(32-17-6-2-7-18-32)29-39(46-44)33-19-8-3-9-20-33/h1-29H. The second kappa shape index (κ2) is 11.2. The molecule has 0 atom stereocenters. The van der Waals surface area contributed by atoms with Gasteiger partial charge in [-0.2, -0.15) is 0 Å². The topological polar surface area (TPSA) is 30.7 Å². The lowest BCUT2D eigenvalue weighted by Gasteiger charge is -2.12. The fraction of sp³-hybridized carbons (Fsp3) is 0. The molecule has 220 valence electrons. The smallest absolute Gasteiger partial charge is 0.161 e. The van der Waals surface area contributed by atoms with E-state index in [9.17, 15) is 0 Å². The molecule has 0 saturated carbocycles. The first-order valence-corrected chi connectivity index (χ1v) is 15.9. The van der Waals surface area contributed by atoms with Gasteiger partial charge in [-0.3, -0.25) is 0 Å². The molecule has 0 amide bonds. The van der Waals surface area contributed by atoms with Crippen LogP contribution >= 0.6 is 0 Å². The van der Waals surface area contributed by atoms with Crippen molar-refractivity contribution in [2.45, 2.75) is 0 Å². The van der Waals surface area contributed by atoms with Crippen LogP contribution in [0.1, 0.15) is 0 Å². The fourth-order valence-corrected chi connectivity index (χ4v) is 6.81. The van der Waals surface area contributed by atoms with Gasteiger partial charge in [0.25, 0.3) is 0 Å². The number of rotatable bonds is 5. The summed E-state index contributed by atoms with van der Waals surface area (Å²) < 4.78 is 2.41. The molecule has 0 unspecified atom stereocenters. The number of hydrogen-bond acceptors (Lipinski definition) is 2. The zero-order valence-corrected chi connectivity index (χ0v) is 25.6. The zero-order chi connectivity index (χ0) is 31.2. The molecular formula is C44H29N3. The molecule has 3 heteroatoms. The van der Waals surface area contributed by atoms with Crippen LogP contribution in [0.15, 0.2) is 176 Å². The van der Waals surface area contributed by atoms with E-state index in [0.29, 0.717) is 5.82 Å². The highest BCUT2D eigenvalue weighted by molar-refractivity contribution is 6.17. The highest BCUT2D eigenvalue weighted by atomic mass is 15.0. The van der Waals surface area contributed by atoms with E-state index < -0.39 is 0 Å². The van der Waals surface area contributed by atoms with Gasteiger partial charge in [0, 0.05) is 32.8 Å². The van der Waals surface area contributed by atoms with Crippen molar-refractivity contribution in [1.82, 2.24) is 14.5 Å². The molecule has 0 fully saturated rings. The van der Waals surface area contributed by atoms with Crippen molar-refractivity contribution in [3.63, 3.8) is 0 Å². The van der Waals surface area contributed by atoms with E-state index in [-0.39, 0.29) is 0 Å². The number of benzene rings is 7. The van der Waals surface area contributed by atoms with Gasteiger partial charge in [0.2, 0.25) is 0 Å². The van der Waals surface area contributed by atoms with Crippen molar-refractivity contribution in [3.8, 4) is 50.7 Å². The lowest BCUT2D eigenvalue weighted by molar-refractivity contribution is 1.18. The summed E-state index contributed by atoms with van der Waals surface area (Å²) in [6.45, 7) is 0. The van der Waals surface area contributed by atoms with E-state index in [2.05, 4.69) is 168 Å². The van der Waals surface area contributed by atoms with Crippen LogP contribution in [0.2, 0.25) is 0 Å². The Morgan fingerprint density at radius 3 is 1.68 bits per heavy atom. The van der Waals surface area contributed by atoms with Gasteiger partial charge in [-0.05, 0) is 46.8 Å². The molecule has 2 heterocycles. The van der Waals surface area contributed by atoms with Gasteiger partial charge in [-0.25, -0.2) is 9.97 Å². The molecule has 0 radical (unpaired) electrons. The van der Waals surface area contributed by atoms with E-state index in [4.69, 9.17) is 9.97 Å². The van der Waals surface area contributed by atoms with Crippen molar-refractivity contribution in [2.75, 3.05) is 0 Å². The van der Waals surface area contributed by atoms with Crippen LogP contribution in [0.3, 0.4) is 0 Å². The summed E-state index contributed by atoms with van der Waals surface area (Å²) in [5, 5.41) is 4.72. The molecule has 0 spiro atoms. The summed E-state index contributed by atoms with van der Waals surface area (Å²) in [5.41, 5.74) is 10.7. The van der Waals surface area contributed by atoms with Crippen LogP contribution in [-0.4, -0.2) is 14.5 Å². The molecule has 7 aromatic carbocycles. The Kier molecular flexibility index (Phi) is 6.46. The van der Waals surface area contributed by atoms with Crippen molar-refractivity contribution < 1.29 is 0 Å². The predicted octanol–water partition coefficient (Wildman–Crippen LogP) is 11.4. The molecule has 0 aliphatic heterocycles. The number of aromatic nitrogens is 3. The Hall–Kier alpha value is -6.32. The third-order valence-corrected chi connectivity index (χ3v) is 9.01. The average Bonchev–Trinajstić information content (AvgIpc) is 3.49. The van der Waals surface area contributed by atoms with E-state index in [1.165, 1.54) is 27.3 Å². The molecule has 0 aliphatic carbocycles. The molecule has 2 aromatic heterocycles. The maximum absolute atomic E-state index is 5.25. The predicted molar refractivity (Wildman–Crippen MR) is 196 cm³/mol. The Balaban J connectivity index is 1.38. The van der Waals surface area contributed by atoms with Gasteiger partial charge in [0.1, 0.15) is 0 Å². The van der Waals surface area contributed by atoms with Gasteiger partial charge in [-0.1, -0.05) is 146 Å². The Labute approximate surface area is 273 Å². The highest BCUT2D eigenvalue weighted by Gasteiger charge is 2.20. The summed E-state index contributed by atoms with van der Waals surface area (Å²) in [4.78, 5) is 10.5. The van der Waals surface area contributed by atoms with Gasteiger partial charge in [0.05, 0.1) is 28.1 Å². The van der Waals surface area contributed by atoms with Crippen LogP contribution in [0.4, 0.5) is 0 Å². The van der Waals surface area contributed by atoms with Crippen LogP contribution in [0.25, 0.3) is 83.3 Å². The van der Waals surface area contributed by atoms with Crippen LogP contribution in [-0.2, 0) is 0 Å². The van der Waals surface area contributed by atoms with E-state index in [0.717, 1.165) is 50.2 Å². The summed E-state index contributed by atoms with van der Waals surface area (Å²) in [6, 6.07) is 62.0. The first-order chi connectivity index (χ1) is 23.3. The maximum Gasteiger partial charge on any atom is 0.161 e. The molecule has 0 N–H and O–H groups in total. The van der Waals surface area contributed by atoms with Gasteiger partial charge in [-0.15, -0.1) is 0 Å². The Morgan fingerprint density at radius 1 is 0.383 bits per heavy atom. The Morgan fingerprint density at radius 2 is 0.979 bits per heavy atom. The molecular weight excluding hydrogens is 571 g/mol. The minimum Gasteiger partial charge on any atom is -0.309 e. The Bertz CT molecular complexity index is 2490. The van der Waals surface area contributed by atoms with Crippen molar-refractivity contribution in [2.24, 2.45) is 0 Å². The minimum absolute atomic E-state index is 0.706. The zero-order valence-electron chi connectivity index (χ0n) is 25.6. The normalized spacial score (nSPS) is 11.4. The van der Waals surface area contributed by atoms with Crippen LogP contribution < -0.4 is 0 Å².